The number of phenolic OH excluding ortho intramolecular Hbond substituents is 1. The van der Waals surface area contributed by atoms with Crippen LogP contribution in [0.2, 0.25) is 5.02 Å². The third-order valence-corrected chi connectivity index (χ3v) is 9.78. The van der Waals surface area contributed by atoms with Crippen LogP contribution in [-0.2, 0) is 11.3 Å². The third-order valence-electron chi connectivity index (χ3n) is 9.48. The molecular weight excluding hydrogens is 616 g/mol. The molecule has 1 saturated heterocycles. The first-order valence-corrected chi connectivity index (χ1v) is 16.9. The average Bonchev–Trinajstić information content (AvgIpc) is 3.00. The normalized spacial score (nSPS) is 16.4. The van der Waals surface area contributed by atoms with Crippen LogP contribution in [0, 0.1) is 19.3 Å². The van der Waals surface area contributed by atoms with Crippen LogP contribution in [0.25, 0.3) is 11.1 Å². The van der Waals surface area contributed by atoms with Gasteiger partial charge >= 0.3 is 6.09 Å². The molecule has 5 rings (SSSR count). The molecule has 1 amide bonds. The fraction of sp³-hybridized carbons (Fsp3) is 0.474. The molecule has 1 saturated carbocycles. The van der Waals surface area contributed by atoms with Crippen LogP contribution in [0.1, 0.15) is 79.9 Å². The van der Waals surface area contributed by atoms with Crippen molar-refractivity contribution in [3.63, 3.8) is 0 Å². The topological polar surface area (TPSA) is 97.3 Å². The number of likely N-dealkylation sites (tertiary alicyclic amines) is 1. The highest BCUT2D eigenvalue weighted by molar-refractivity contribution is 6.32. The van der Waals surface area contributed by atoms with Crippen molar-refractivity contribution in [3.8, 4) is 28.4 Å². The lowest BCUT2D eigenvalue weighted by Gasteiger charge is -2.52. The summed E-state index contributed by atoms with van der Waals surface area (Å²) in [6.07, 6.45) is 5.64. The molecule has 0 unspecified atom stereocenters. The molecule has 1 aliphatic heterocycles. The first kappa shape index (κ1) is 34.6. The van der Waals surface area contributed by atoms with E-state index in [2.05, 4.69) is 36.2 Å². The van der Waals surface area contributed by atoms with Gasteiger partial charge in [-0.05, 0) is 125 Å². The second-order valence-corrected chi connectivity index (χ2v) is 14.5. The van der Waals surface area contributed by atoms with Gasteiger partial charge in [-0.3, -0.25) is 4.79 Å². The summed E-state index contributed by atoms with van der Waals surface area (Å²) in [6.45, 7) is 13.9. The molecule has 8 nitrogen and oxygen atoms in total. The number of carbonyl (C=O) groups excluding carboxylic acids is 2. The minimum atomic E-state index is -0.471. The molecule has 3 aromatic rings. The second kappa shape index (κ2) is 14.6. The van der Waals surface area contributed by atoms with Crippen LogP contribution in [0.4, 0.5) is 4.79 Å². The van der Waals surface area contributed by atoms with E-state index >= 15 is 0 Å². The average molecular weight is 663 g/mol. The number of rotatable bonds is 11. The highest BCUT2D eigenvalue weighted by atomic mass is 35.5. The fourth-order valence-electron chi connectivity index (χ4n) is 6.80. The molecule has 2 aliphatic rings. The number of aldehydes is 1. The Bertz CT molecular complexity index is 1580. The van der Waals surface area contributed by atoms with E-state index < -0.39 is 5.60 Å². The number of phenols is 1. The lowest BCUT2D eigenvalue weighted by Crippen LogP contribution is -2.55. The third kappa shape index (κ3) is 8.59. The Morgan fingerprint density at radius 3 is 2.38 bits per heavy atom. The molecule has 0 atom stereocenters. The Morgan fingerprint density at radius 1 is 1.02 bits per heavy atom. The van der Waals surface area contributed by atoms with Gasteiger partial charge in [0.15, 0.2) is 6.29 Å². The van der Waals surface area contributed by atoms with Crippen molar-refractivity contribution in [1.29, 1.82) is 0 Å². The number of benzene rings is 3. The smallest absolute Gasteiger partial charge is 0.407 e. The molecule has 2 N–H and O–H groups in total. The molecule has 1 heterocycles. The van der Waals surface area contributed by atoms with E-state index in [1.807, 2.05) is 45.0 Å². The van der Waals surface area contributed by atoms with Crippen molar-refractivity contribution in [3.05, 3.63) is 75.8 Å². The van der Waals surface area contributed by atoms with Crippen LogP contribution in [-0.4, -0.2) is 60.3 Å². The van der Waals surface area contributed by atoms with Gasteiger partial charge in [0, 0.05) is 18.7 Å². The summed E-state index contributed by atoms with van der Waals surface area (Å²) in [5.74, 6) is 1.04. The van der Waals surface area contributed by atoms with E-state index in [4.69, 9.17) is 25.8 Å². The highest BCUT2D eigenvalue weighted by Gasteiger charge is 2.46. The van der Waals surface area contributed by atoms with Crippen LogP contribution >= 0.6 is 11.6 Å². The summed E-state index contributed by atoms with van der Waals surface area (Å²) in [7, 11) is 0. The Kier molecular flexibility index (Phi) is 10.7. The maximum Gasteiger partial charge on any atom is 0.407 e. The SMILES string of the molecule is Cc1c(COc2cc(O)c(C=O)cc2Cl)cccc1-c1cccc(OCCCN2CCC3(CC2)CC(NC(=O)OC(C)(C)C)C3)c1C. The van der Waals surface area contributed by atoms with E-state index in [1.54, 1.807) is 0 Å². The molecule has 2 fully saturated rings. The molecule has 9 heteroatoms. The summed E-state index contributed by atoms with van der Waals surface area (Å²) < 4.78 is 17.7. The molecule has 47 heavy (non-hydrogen) atoms. The number of hydrogen-bond acceptors (Lipinski definition) is 7. The summed E-state index contributed by atoms with van der Waals surface area (Å²) in [5.41, 5.74) is 5.38. The quantitative estimate of drug-likeness (QED) is 0.158. The second-order valence-electron chi connectivity index (χ2n) is 14.1. The summed E-state index contributed by atoms with van der Waals surface area (Å²) >= 11 is 6.27. The van der Waals surface area contributed by atoms with Crippen molar-refractivity contribution < 1.29 is 28.9 Å². The molecule has 0 radical (unpaired) electrons. The number of alkyl carbamates (subject to hydrolysis) is 1. The van der Waals surface area contributed by atoms with Crippen LogP contribution in [0.15, 0.2) is 48.5 Å². The minimum absolute atomic E-state index is 0.122. The van der Waals surface area contributed by atoms with Crippen LogP contribution in [0.5, 0.6) is 17.2 Å². The van der Waals surface area contributed by atoms with Crippen molar-refractivity contribution >= 4 is 24.0 Å². The van der Waals surface area contributed by atoms with Gasteiger partial charge in [0.25, 0.3) is 0 Å². The zero-order chi connectivity index (χ0) is 33.8. The van der Waals surface area contributed by atoms with Crippen molar-refractivity contribution in [2.24, 2.45) is 5.41 Å². The van der Waals surface area contributed by atoms with Gasteiger partial charge in [0.2, 0.25) is 0 Å². The number of amides is 1. The number of hydrogen-bond donors (Lipinski definition) is 2. The van der Waals surface area contributed by atoms with E-state index in [-0.39, 0.29) is 35.1 Å². The summed E-state index contributed by atoms with van der Waals surface area (Å²) in [6, 6.07) is 15.3. The number of aromatic hydroxyl groups is 1. The number of ether oxygens (including phenoxy) is 3. The number of nitrogens with one attached hydrogen (secondary N) is 1. The van der Waals surface area contributed by atoms with E-state index in [0.717, 1.165) is 72.5 Å². The van der Waals surface area contributed by atoms with Gasteiger partial charge in [0.1, 0.15) is 29.5 Å². The van der Waals surface area contributed by atoms with Gasteiger partial charge < -0.3 is 29.5 Å². The lowest BCUT2D eigenvalue weighted by atomic mass is 9.60. The zero-order valence-corrected chi connectivity index (χ0v) is 28.9. The molecule has 1 aliphatic carbocycles. The first-order chi connectivity index (χ1) is 22.4. The van der Waals surface area contributed by atoms with Gasteiger partial charge in [-0.1, -0.05) is 41.9 Å². The first-order valence-electron chi connectivity index (χ1n) is 16.5. The van der Waals surface area contributed by atoms with Crippen molar-refractivity contribution in [2.45, 2.75) is 85.0 Å². The maximum absolute atomic E-state index is 12.1. The van der Waals surface area contributed by atoms with Crippen molar-refractivity contribution in [1.82, 2.24) is 10.2 Å². The van der Waals surface area contributed by atoms with Crippen LogP contribution in [0.3, 0.4) is 0 Å². The summed E-state index contributed by atoms with van der Waals surface area (Å²) in [4.78, 5) is 25.7. The monoisotopic (exact) mass is 662 g/mol. The largest absolute Gasteiger partial charge is 0.507 e. The molecular formula is C38H47ClN2O6. The number of piperidine rings is 1. The van der Waals surface area contributed by atoms with Crippen LogP contribution < -0.4 is 14.8 Å². The van der Waals surface area contributed by atoms with E-state index in [9.17, 15) is 14.7 Å². The number of nitrogens with zero attached hydrogens (tertiary/aromatic N) is 1. The van der Waals surface area contributed by atoms with Gasteiger partial charge in [-0.15, -0.1) is 0 Å². The van der Waals surface area contributed by atoms with Gasteiger partial charge in [-0.25, -0.2) is 4.79 Å². The minimum Gasteiger partial charge on any atom is -0.507 e. The Hall–Kier alpha value is -3.75. The highest BCUT2D eigenvalue weighted by Crippen LogP contribution is 2.49. The Labute approximate surface area is 283 Å². The molecule has 252 valence electrons. The predicted molar refractivity (Wildman–Crippen MR) is 185 cm³/mol. The predicted octanol–water partition coefficient (Wildman–Crippen LogP) is 8.26. The zero-order valence-electron chi connectivity index (χ0n) is 28.2. The number of carbonyl (C=O) groups is 2. The standard InChI is InChI=1S/C38H47ClN2O6/c1-25-27(24-46-35-20-33(43)28(23-42)19-32(35)39)9-6-10-30(25)31-11-7-12-34(26(31)2)45-18-8-15-41-16-13-38(14-17-41)21-29(22-38)40-36(44)47-37(3,4)5/h6-7,9-12,19-20,23,29,43H,8,13-18,21-22,24H2,1-5H3,(H,40,44). The van der Waals surface area contributed by atoms with Gasteiger partial charge in [-0.2, -0.15) is 0 Å². The molecule has 3 aromatic carbocycles. The Balaban J connectivity index is 1.09. The van der Waals surface area contributed by atoms with Crippen molar-refractivity contribution in [2.75, 3.05) is 26.2 Å². The van der Waals surface area contributed by atoms with E-state index in [0.29, 0.717) is 24.1 Å². The fourth-order valence-corrected chi connectivity index (χ4v) is 7.03. The van der Waals surface area contributed by atoms with Gasteiger partial charge in [0.05, 0.1) is 17.2 Å². The van der Waals surface area contributed by atoms with E-state index in [1.165, 1.54) is 25.0 Å². The molecule has 0 bridgehead atoms. The molecule has 1 spiro atoms. The lowest BCUT2D eigenvalue weighted by molar-refractivity contribution is -0.00310. The summed E-state index contributed by atoms with van der Waals surface area (Å²) in [5, 5.41) is 13.4. The number of halogens is 1. The Morgan fingerprint density at radius 2 is 1.70 bits per heavy atom. The molecule has 0 aromatic heterocycles. The maximum atomic E-state index is 12.1.